The van der Waals surface area contributed by atoms with Crippen molar-refractivity contribution in [1.29, 1.82) is 0 Å². The molecule has 0 bridgehead atoms. The Bertz CT molecular complexity index is 450. The van der Waals surface area contributed by atoms with E-state index in [2.05, 4.69) is 31.0 Å². The minimum atomic E-state index is 0.481. The highest BCUT2D eigenvalue weighted by molar-refractivity contribution is 6.33. The fraction of sp³-hybridized carbons (Fsp3) is 0.625. The average molecular weight is 297 g/mol. The molecule has 1 aromatic carbocycles. The van der Waals surface area contributed by atoms with E-state index in [0.29, 0.717) is 18.0 Å². The SMILES string of the molecule is CCC1CNC(C(C)C)CN1c1cc(OC)ccc1Cl. The summed E-state index contributed by atoms with van der Waals surface area (Å²) < 4.78 is 5.34. The summed E-state index contributed by atoms with van der Waals surface area (Å²) in [6.07, 6.45) is 1.10. The molecule has 1 aromatic rings. The largest absolute Gasteiger partial charge is 0.497 e. The van der Waals surface area contributed by atoms with Crippen LogP contribution in [0.1, 0.15) is 27.2 Å². The van der Waals surface area contributed by atoms with Gasteiger partial charge in [-0.2, -0.15) is 0 Å². The van der Waals surface area contributed by atoms with Gasteiger partial charge in [0.2, 0.25) is 0 Å². The third-order valence-corrected chi connectivity index (χ3v) is 4.51. The maximum atomic E-state index is 6.42. The Labute approximate surface area is 127 Å². The van der Waals surface area contributed by atoms with E-state index >= 15 is 0 Å². The maximum Gasteiger partial charge on any atom is 0.121 e. The van der Waals surface area contributed by atoms with Crippen LogP contribution in [0.5, 0.6) is 5.75 Å². The highest BCUT2D eigenvalue weighted by Gasteiger charge is 2.29. The van der Waals surface area contributed by atoms with Crippen molar-refractivity contribution in [2.45, 2.75) is 39.3 Å². The Morgan fingerprint density at radius 2 is 2.20 bits per heavy atom. The number of benzene rings is 1. The van der Waals surface area contributed by atoms with Crippen LogP contribution in [0.4, 0.5) is 5.69 Å². The van der Waals surface area contributed by atoms with Crippen molar-refractivity contribution in [3.63, 3.8) is 0 Å². The van der Waals surface area contributed by atoms with Crippen LogP contribution in [0.3, 0.4) is 0 Å². The molecule has 0 saturated carbocycles. The van der Waals surface area contributed by atoms with Gasteiger partial charge in [0.05, 0.1) is 17.8 Å². The summed E-state index contributed by atoms with van der Waals surface area (Å²) in [6, 6.07) is 6.87. The molecule has 0 radical (unpaired) electrons. The van der Waals surface area contributed by atoms with Crippen LogP contribution in [0.15, 0.2) is 18.2 Å². The summed E-state index contributed by atoms with van der Waals surface area (Å²) in [5.74, 6) is 1.47. The first kappa shape index (κ1) is 15.5. The van der Waals surface area contributed by atoms with Gasteiger partial charge in [0, 0.05) is 31.2 Å². The van der Waals surface area contributed by atoms with Crippen molar-refractivity contribution in [2.75, 3.05) is 25.1 Å². The molecule has 0 aliphatic carbocycles. The third kappa shape index (κ3) is 3.21. The monoisotopic (exact) mass is 296 g/mol. The summed E-state index contributed by atoms with van der Waals surface area (Å²) in [4.78, 5) is 2.44. The van der Waals surface area contributed by atoms with E-state index in [4.69, 9.17) is 16.3 Å². The van der Waals surface area contributed by atoms with Gasteiger partial charge in [0.1, 0.15) is 5.75 Å². The lowest BCUT2D eigenvalue weighted by Crippen LogP contribution is -2.58. The van der Waals surface area contributed by atoms with Gasteiger partial charge in [0.15, 0.2) is 0 Å². The van der Waals surface area contributed by atoms with Gasteiger partial charge in [-0.1, -0.05) is 32.4 Å². The Kier molecular flexibility index (Phi) is 5.17. The van der Waals surface area contributed by atoms with Crippen molar-refractivity contribution in [2.24, 2.45) is 5.92 Å². The van der Waals surface area contributed by atoms with Gasteiger partial charge in [-0.05, 0) is 24.5 Å². The average Bonchev–Trinajstić information content (AvgIpc) is 2.47. The molecule has 2 unspecified atom stereocenters. The minimum Gasteiger partial charge on any atom is -0.497 e. The lowest BCUT2D eigenvalue weighted by Gasteiger charge is -2.43. The van der Waals surface area contributed by atoms with Gasteiger partial charge in [0.25, 0.3) is 0 Å². The first-order valence-electron chi connectivity index (χ1n) is 7.40. The first-order chi connectivity index (χ1) is 9.56. The standard InChI is InChI=1S/C16H25ClN2O/c1-5-12-9-18-15(11(2)3)10-19(12)16-8-13(20-4)6-7-14(16)17/h6-8,11-12,15,18H,5,9-10H2,1-4H3. The Hall–Kier alpha value is -0.930. The third-order valence-electron chi connectivity index (χ3n) is 4.19. The highest BCUT2D eigenvalue weighted by atomic mass is 35.5. The molecule has 1 saturated heterocycles. The van der Waals surface area contributed by atoms with Crippen LogP contribution in [0.25, 0.3) is 0 Å². The summed E-state index contributed by atoms with van der Waals surface area (Å²) >= 11 is 6.42. The number of ether oxygens (including phenoxy) is 1. The summed E-state index contributed by atoms with van der Waals surface area (Å²) in [6.45, 7) is 8.74. The zero-order chi connectivity index (χ0) is 14.7. The molecule has 1 aliphatic rings. The number of methoxy groups -OCH3 is 1. The van der Waals surface area contributed by atoms with Crippen LogP contribution in [0, 0.1) is 5.92 Å². The number of anilines is 1. The number of hydrogen-bond acceptors (Lipinski definition) is 3. The fourth-order valence-electron chi connectivity index (χ4n) is 2.77. The molecule has 0 amide bonds. The lowest BCUT2D eigenvalue weighted by atomic mass is 9.97. The molecule has 112 valence electrons. The van der Waals surface area contributed by atoms with Crippen molar-refractivity contribution in [3.8, 4) is 5.75 Å². The van der Waals surface area contributed by atoms with Crippen molar-refractivity contribution < 1.29 is 4.74 Å². The predicted octanol–water partition coefficient (Wildman–Crippen LogP) is 3.56. The molecule has 20 heavy (non-hydrogen) atoms. The number of halogens is 1. The zero-order valence-electron chi connectivity index (χ0n) is 12.8. The minimum absolute atomic E-state index is 0.481. The molecular weight excluding hydrogens is 272 g/mol. The molecule has 1 aliphatic heterocycles. The number of hydrogen-bond donors (Lipinski definition) is 1. The first-order valence-corrected chi connectivity index (χ1v) is 7.78. The highest BCUT2D eigenvalue weighted by Crippen LogP contribution is 2.33. The van der Waals surface area contributed by atoms with E-state index in [1.54, 1.807) is 7.11 Å². The van der Waals surface area contributed by atoms with Crippen molar-refractivity contribution in [3.05, 3.63) is 23.2 Å². The van der Waals surface area contributed by atoms with Crippen LogP contribution < -0.4 is 15.0 Å². The van der Waals surface area contributed by atoms with E-state index in [0.717, 1.165) is 36.0 Å². The van der Waals surface area contributed by atoms with Gasteiger partial charge in [-0.3, -0.25) is 0 Å². The molecule has 2 atom stereocenters. The van der Waals surface area contributed by atoms with Gasteiger partial charge < -0.3 is 15.0 Å². The molecule has 0 aromatic heterocycles. The molecule has 2 rings (SSSR count). The second-order valence-corrected chi connectivity index (χ2v) is 6.20. The Morgan fingerprint density at radius 1 is 1.45 bits per heavy atom. The quantitative estimate of drug-likeness (QED) is 0.919. The van der Waals surface area contributed by atoms with Gasteiger partial charge in [-0.15, -0.1) is 0 Å². The number of nitrogens with zero attached hydrogens (tertiary/aromatic N) is 1. The van der Waals surface area contributed by atoms with E-state index in [1.807, 2.05) is 18.2 Å². The molecule has 4 heteroatoms. The Morgan fingerprint density at radius 3 is 2.80 bits per heavy atom. The van der Waals surface area contributed by atoms with Crippen LogP contribution in [-0.4, -0.2) is 32.3 Å². The van der Waals surface area contributed by atoms with E-state index < -0.39 is 0 Å². The molecule has 0 spiro atoms. The molecular formula is C16H25ClN2O. The van der Waals surface area contributed by atoms with Crippen molar-refractivity contribution >= 4 is 17.3 Å². The molecule has 3 nitrogen and oxygen atoms in total. The second-order valence-electron chi connectivity index (χ2n) is 5.79. The maximum absolute atomic E-state index is 6.42. The van der Waals surface area contributed by atoms with Crippen LogP contribution >= 0.6 is 11.6 Å². The molecule has 1 N–H and O–H groups in total. The van der Waals surface area contributed by atoms with E-state index in [-0.39, 0.29) is 0 Å². The Balaban J connectivity index is 2.30. The zero-order valence-corrected chi connectivity index (χ0v) is 13.6. The summed E-state index contributed by atoms with van der Waals surface area (Å²) in [7, 11) is 1.69. The number of piperazine rings is 1. The lowest BCUT2D eigenvalue weighted by molar-refractivity contribution is 0.325. The normalized spacial score (nSPS) is 23.2. The number of nitrogens with one attached hydrogen (secondary N) is 1. The second kappa shape index (κ2) is 6.68. The molecule has 1 fully saturated rings. The van der Waals surface area contributed by atoms with Crippen molar-refractivity contribution in [1.82, 2.24) is 5.32 Å². The van der Waals surface area contributed by atoms with Gasteiger partial charge >= 0.3 is 0 Å². The molecule has 1 heterocycles. The van der Waals surface area contributed by atoms with Crippen LogP contribution in [0.2, 0.25) is 5.02 Å². The van der Waals surface area contributed by atoms with Crippen LogP contribution in [-0.2, 0) is 0 Å². The summed E-state index contributed by atoms with van der Waals surface area (Å²) in [5.41, 5.74) is 1.09. The van der Waals surface area contributed by atoms with E-state index in [9.17, 15) is 0 Å². The smallest absolute Gasteiger partial charge is 0.121 e. The topological polar surface area (TPSA) is 24.5 Å². The summed E-state index contributed by atoms with van der Waals surface area (Å²) in [5, 5.41) is 4.45. The van der Waals surface area contributed by atoms with E-state index in [1.165, 1.54) is 0 Å². The predicted molar refractivity (Wildman–Crippen MR) is 86.1 cm³/mol. The fourth-order valence-corrected chi connectivity index (χ4v) is 3.00. The van der Waals surface area contributed by atoms with Gasteiger partial charge in [-0.25, -0.2) is 0 Å². The number of rotatable bonds is 4.